The molecular weight excluding hydrogens is 244 g/mol. The Hall–Kier alpha value is -2.14. The molecule has 0 bridgehead atoms. The van der Waals surface area contributed by atoms with E-state index in [-0.39, 0.29) is 0 Å². The third-order valence-corrected chi connectivity index (χ3v) is 3.31. The summed E-state index contributed by atoms with van der Waals surface area (Å²) in [7, 11) is 0. The van der Waals surface area contributed by atoms with E-state index >= 15 is 0 Å². The van der Waals surface area contributed by atoms with Gasteiger partial charge in [0, 0.05) is 17.6 Å². The van der Waals surface area contributed by atoms with Gasteiger partial charge < -0.3 is 0 Å². The van der Waals surface area contributed by atoms with Gasteiger partial charge in [0.25, 0.3) is 0 Å². The number of nitrogens with zero attached hydrogens (tertiary/aromatic N) is 2. The van der Waals surface area contributed by atoms with Gasteiger partial charge in [-0.2, -0.15) is 0 Å². The molecule has 2 nitrogen and oxygen atoms in total. The maximum atomic E-state index is 5.28. The van der Waals surface area contributed by atoms with Crippen LogP contribution in [0.4, 0.5) is 0 Å². The topological polar surface area (TPSA) is 25.8 Å². The lowest BCUT2D eigenvalue weighted by Crippen LogP contribution is -1.93. The zero-order valence-electron chi connectivity index (χ0n) is 13.2. The van der Waals surface area contributed by atoms with E-state index in [1.807, 2.05) is 40.0 Å². The highest BCUT2D eigenvalue weighted by atomic mass is 14.7. The second-order valence-electron chi connectivity index (χ2n) is 5.11. The van der Waals surface area contributed by atoms with Gasteiger partial charge in [0.15, 0.2) is 0 Å². The first-order valence-electron chi connectivity index (χ1n) is 6.66. The predicted octanol–water partition coefficient (Wildman–Crippen LogP) is 4.00. The number of terminal acetylenes is 1. The number of hydrogen-bond donors (Lipinski definition) is 0. The largest absolute Gasteiger partial charge is 0.261 e. The first-order chi connectivity index (χ1) is 9.35. The van der Waals surface area contributed by atoms with Crippen LogP contribution in [0.2, 0.25) is 0 Å². The van der Waals surface area contributed by atoms with Crippen molar-refractivity contribution in [3.8, 4) is 12.3 Å². The van der Waals surface area contributed by atoms with Crippen molar-refractivity contribution < 1.29 is 0 Å². The van der Waals surface area contributed by atoms with Crippen molar-refractivity contribution in [2.24, 2.45) is 0 Å². The van der Waals surface area contributed by atoms with Gasteiger partial charge in [-0.05, 0) is 81.8 Å². The van der Waals surface area contributed by atoms with Crippen LogP contribution in [0.25, 0.3) is 0 Å². The maximum absolute atomic E-state index is 5.28. The van der Waals surface area contributed by atoms with Crippen LogP contribution in [-0.4, -0.2) is 9.97 Å². The molecule has 2 aromatic heterocycles. The summed E-state index contributed by atoms with van der Waals surface area (Å²) in [6.07, 6.45) is 7.18. The summed E-state index contributed by atoms with van der Waals surface area (Å²) < 4.78 is 0. The van der Waals surface area contributed by atoms with E-state index in [2.05, 4.69) is 35.8 Å². The molecule has 0 saturated heterocycles. The van der Waals surface area contributed by atoms with E-state index in [1.165, 1.54) is 16.7 Å². The molecule has 0 amide bonds. The van der Waals surface area contributed by atoms with E-state index in [0.29, 0.717) is 0 Å². The molecule has 20 heavy (non-hydrogen) atoms. The predicted molar refractivity (Wildman–Crippen MR) is 84.8 cm³/mol. The lowest BCUT2D eigenvalue weighted by Gasteiger charge is -2.02. The van der Waals surface area contributed by atoms with Crippen LogP contribution in [0.15, 0.2) is 18.3 Å². The highest BCUT2D eigenvalue weighted by molar-refractivity contribution is 5.39. The van der Waals surface area contributed by atoms with Crippen LogP contribution in [-0.2, 0) is 0 Å². The third kappa shape index (κ3) is 4.20. The lowest BCUT2D eigenvalue weighted by atomic mass is 10.1. The molecule has 0 aliphatic carbocycles. The smallest absolute Gasteiger partial charge is 0.116 e. The lowest BCUT2D eigenvalue weighted by molar-refractivity contribution is 1.11. The molecule has 0 saturated carbocycles. The molecule has 0 aliphatic rings. The Balaban J connectivity index is 0.000000204. The summed E-state index contributed by atoms with van der Waals surface area (Å²) in [5.74, 6) is 2.57. The fourth-order valence-electron chi connectivity index (χ4n) is 1.81. The normalized spacial score (nSPS) is 9.45. The molecule has 0 spiro atoms. The van der Waals surface area contributed by atoms with Gasteiger partial charge in [0.1, 0.15) is 5.69 Å². The summed E-state index contributed by atoms with van der Waals surface area (Å²) in [6.45, 7) is 12.2. The van der Waals surface area contributed by atoms with E-state index in [0.717, 1.165) is 22.6 Å². The van der Waals surface area contributed by atoms with Crippen molar-refractivity contribution in [2.75, 3.05) is 0 Å². The molecule has 0 N–H and O–H groups in total. The summed E-state index contributed by atoms with van der Waals surface area (Å²) >= 11 is 0. The molecule has 0 aromatic carbocycles. The second-order valence-corrected chi connectivity index (χ2v) is 5.11. The molecule has 104 valence electrons. The molecule has 0 fully saturated rings. The van der Waals surface area contributed by atoms with Gasteiger partial charge in [0.2, 0.25) is 0 Å². The highest BCUT2D eigenvalue weighted by Crippen LogP contribution is 2.10. The van der Waals surface area contributed by atoms with Gasteiger partial charge in [0.05, 0.1) is 0 Å². The van der Waals surface area contributed by atoms with Gasteiger partial charge in [-0.15, -0.1) is 6.42 Å². The van der Waals surface area contributed by atoms with E-state index < -0.39 is 0 Å². The third-order valence-electron chi connectivity index (χ3n) is 3.31. The van der Waals surface area contributed by atoms with Gasteiger partial charge in [-0.25, -0.2) is 4.98 Å². The van der Waals surface area contributed by atoms with Crippen molar-refractivity contribution in [1.29, 1.82) is 0 Å². The Kier molecular flexibility index (Phi) is 5.46. The first-order valence-corrected chi connectivity index (χ1v) is 6.66. The molecule has 2 rings (SSSR count). The molecular formula is C18H22N2. The van der Waals surface area contributed by atoms with Crippen LogP contribution >= 0.6 is 0 Å². The van der Waals surface area contributed by atoms with Crippen LogP contribution in [0, 0.1) is 53.9 Å². The summed E-state index contributed by atoms with van der Waals surface area (Å²) in [4.78, 5) is 8.36. The molecule has 0 atom stereocenters. The van der Waals surface area contributed by atoms with Crippen molar-refractivity contribution in [2.45, 2.75) is 41.5 Å². The minimum absolute atomic E-state index is 0.766. The Labute approximate surface area is 122 Å². The van der Waals surface area contributed by atoms with Crippen LogP contribution in [0.1, 0.15) is 39.3 Å². The monoisotopic (exact) mass is 266 g/mol. The Bertz CT molecular complexity index is 649. The van der Waals surface area contributed by atoms with Crippen molar-refractivity contribution in [3.05, 3.63) is 57.7 Å². The van der Waals surface area contributed by atoms with Crippen molar-refractivity contribution in [1.82, 2.24) is 9.97 Å². The van der Waals surface area contributed by atoms with E-state index in [9.17, 15) is 0 Å². The van der Waals surface area contributed by atoms with Gasteiger partial charge >= 0.3 is 0 Å². The van der Waals surface area contributed by atoms with Crippen LogP contribution < -0.4 is 0 Å². The Morgan fingerprint density at radius 1 is 0.850 bits per heavy atom. The average Bonchev–Trinajstić information content (AvgIpc) is 2.39. The molecule has 0 radical (unpaired) electrons. The first kappa shape index (κ1) is 15.9. The maximum Gasteiger partial charge on any atom is 0.116 e. The van der Waals surface area contributed by atoms with E-state index in [1.54, 1.807) is 0 Å². The quantitative estimate of drug-likeness (QED) is 0.674. The van der Waals surface area contributed by atoms with E-state index in [4.69, 9.17) is 6.42 Å². The standard InChI is InChI=1S/C10H11N.C8H11N/c1-5-10-9(4)7(2)6-8(3)11-10;1-6-4-8(3)9-5-7(6)2/h1,6H,2-4H3;4-5H,1-3H3. The molecule has 0 unspecified atom stereocenters. The summed E-state index contributed by atoms with van der Waals surface area (Å²) in [5.41, 5.74) is 7.76. The molecule has 0 aliphatic heterocycles. The van der Waals surface area contributed by atoms with Crippen LogP contribution in [0.5, 0.6) is 0 Å². The number of pyridine rings is 2. The highest BCUT2D eigenvalue weighted by Gasteiger charge is 2.00. The number of hydrogen-bond acceptors (Lipinski definition) is 2. The SMILES string of the molecule is C#Cc1nc(C)cc(C)c1C.Cc1cc(C)c(C)cn1. The summed E-state index contributed by atoms with van der Waals surface area (Å²) in [6, 6.07) is 4.13. The average molecular weight is 266 g/mol. The Morgan fingerprint density at radius 2 is 1.45 bits per heavy atom. The zero-order valence-corrected chi connectivity index (χ0v) is 13.2. The van der Waals surface area contributed by atoms with Crippen LogP contribution in [0.3, 0.4) is 0 Å². The Morgan fingerprint density at radius 3 is 1.95 bits per heavy atom. The van der Waals surface area contributed by atoms with Crippen molar-refractivity contribution >= 4 is 0 Å². The zero-order chi connectivity index (χ0) is 15.3. The number of aromatic nitrogens is 2. The van der Waals surface area contributed by atoms with Gasteiger partial charge in [-0.1, -0.05) is 0 Å². The minimum Gasteiger partial charge on any atom is -0.261 e. The molecule has 2 heterocycles. The second kappa shape index (κ2) is 6.86. The molecule has 2 aromatic rings. The van der Waals surface area contributed by atoms with Crippen molar-refractivity contribution in [3.63, 3.8) is 0 Å². The fraction of sp³-hybridized carbons (Fsp3) is 0.333. The summed E-state index contributed by atoms with van der Waals surface area (Å²) in [5, 5.41) is 0. The number of rotatable bonds is 0. The minimum atomic E-state index is 0.766. The van der Waals surface area contributed by atoms with Gasteiger partial charge in [-0.3, -0.25) is 4.98 Å². The number of aryl methyl sites for hydroxylation is 5. The molecule has 2 heteroatoms. The fourth-order valence-corrected chi connectivity index (χ4v) is 1.81.